The van der Waals surface area contributed by atoms with Gasteiger partial charge < -0.3 is 4.52 Å². The molecule has 21 heavy (non-hydrogen) atoms. The van der Waals surface area contributed by atoms with Crippen LogP contribution in [0, 0.1) is 0 Å². The van der Waals surface area contributed by atoms with Crippen LogP contribution in [0.25, 0.3) is 0 Å². The van der Waals surface area contributed by atoms with E-state index in [0.717, 1.165) is 0 Å². The lowest BCUT2D eigenvalue weighted by Gasteiger charge is -2.34. The molecule has 0 aliphatic rings. The normalized spacial score (nSPS) is 15.4. The largest absolute Gasteiger partial charge is 0.463 e. The zero-order valence-corrected chi connectivity index (χ0v) is 12.0. The lowest BCUT2D eigenvalue weighted by Crippen LogP contribution is -2.48. The van der Waals surface area contributed by atoms with Crippen LogP contribution in [0.1, 0.15) is 6.42 Å². The van der Waals surface area contributed by atoms with E-state index >= 15 is 0 Å². The number of halogens is 11. The lowest BCUT2D eigenvalue weighted by molar-refractivity contribution is -0.272. The third-order valence-electron chi connectivity index (χ3n) is 1.97. The first-order valence-corrected chi connectivity index (χ1v) is 7.50. The molecule has 0 N–H and O–H groups in total. The van der Waals surface area contributed by atoms with Gasteiger partial charge in [0, 0.05) is 5.33 Å². The summed E-state index contributed by atoms with van der Waals surface area (Å²) in [6.45, 7) is -1.42. The van der Waals surface area contributed by atoms with Crippen molar-refractivity contribution in [3.63, 3.8) is 0 Å². The maximum Gasteiger partial charge on any atom is 0.463 e. The zero-order valence-electron chi connectivity index (χ0n) is 9.54. The molecular weight excluding hydrogens is 417 g/mol. The Labute approximate surface area is 119 Å². The Morgan fingerprint density at radius 1 is 0.810 bits per heavy atom. The lowest BCUT2D eigenvalue weighted by atomic mass is 10.5. The monoisotopic (exact) mass is 422 g/mol. The molecule has 0 fully saturated rings. The van der Waals surface area contributed by atoms with Crippen molar-refractivity contribution in [1.82, 2.24) is 0 Å². The van der Waals surface area contributed by atoms with Gasteiger partial charge in [-0.15, -0.1) is 0 Å². The van der Waals surface area contributed by atoms with Crippen molar-refractivity contribution in [1.29, 1.82) is 0 Å². The number of hydrogen-bond donors (Lipinski definition) is 0. The SMILES string of the molecule is O=P(OCCCBr)(C(F)(F)C(F)(F)F)C(F)(F)C(F)(F)F. The minimum atomic E-state index is -7.84. The Bertz CT molecular complexity index is 373. The fourth-order valence-electron chi connectivity index (χ4n) is 0.920. The Morgan fingerprint density at radius 3 is 1.38 bits per heavy atom. The van der Waals surface area contributed by atoms with Crippen molar-refractivity contribution in [2.24, 2.45) is 0 Å². The molecule has 0 unspecified atom stereocenters. The van der Waals surface area contributed by atoms with Crippen molar-refractivity contribution in [2.45, 2.75) is 30.1 Å². The summed E-state index contributed by atoms with van der Waals surface area (Å²) >= 11 is 2.61. The predicted octanol–water partition coefficient (Wildman–Crippen LogP) is 5.38. The second-order valence-corrected chi connectivity index (χ2v) is 6.78. The van der Waals surface area contributed by atoms with Gasteiger partial charge in [-0.3, -0.25) is 4.57 Å². The molecule has 0 rings (SSSR count). The summed E-state index contributed by atoms with van der Waals surface area (Å²) < 4.78 is 138. The smallest absolute Gasteiger partial charge is 0.320 e. The highest BCUT2D eigenvalue weighted by Gasteiger charge is 2.84. The van der Waals surface area contributed by atoms with Crippen LogP contribution in [0.15, 0.2) is 0 Å². The summed E-state index contributed by atoms with van der Waals surface area (Å²) in [6, 6.07) is 0. The Morgan fingerprint density at radius 2 is 1.14 bits per heavy atom. The van der Waals surface area contributed by atoms with E-state index < -0.39 is 44.1 Å². The molecule has 0 aromatic rings. The van der Waals surface area contributed by atoms with Gasteiger partial charge in [-0.25, -0.2) is 0 Å². The molecular formula is C7H6BrF10O2P. The van der Waals surface area contributed by atoms with Gasteiger partial charge in [0.05, 0.1) is 6.61 Å². The van der Waals surface area contributed by atoms with Crippen LogP contribution in [0.3, 0.4) is 0 Å². The van der Waals surface area contributed by atoms with E-state index in [2.05, 4.69) is 20.5 Å². The van der Waals surface area contributed by atoms with Gasteiger partial charge in [-0.05, 0) is 6.42 Å². The van der Waals surface area contributed by atoms with Crippen LogP contribution in [0.4, 0.5) is 43.9 Å². The van der Waals surface area contributed by atoms with E-state index in [4.69, 9.17) is 0 Å². The van der Waals surface area contributed by atoms with Crippen LogP contribution in [0.2, 0.25) is 0 Å². The first-order chi connectivity index (χ1) is 9.06. The average Bonchev–Trinajstić information content (AvgIpc) is 2.25. The topological polar surface area (TPSA) is 26.3 Å². The van der Waals surface area contributed by atoms with Gasteiger partial charge in [0.15, 0.2) is 0 Å². The molecule has 0 aliphatic carbocycles. The Kier molecular flexibility index (Phi) is 6.22. The van der Waals surface area contributed by atoms with E-state index in [9.17, 15) is 48.5 Å². The van der Waals surface area contributed by atoms with Crippen LogP contribution in [-0.2, 0) is 9.09 Å². The van der Waals surface area contributed by atoms with E-state index in [-0.39, 0.29) is 5.33 Å². The number of alkyl halides is 11. The molecule has 2 nitrogen and oxygen atoms in total. The molecule has 0 radical (unpaired) electrons. The van der Waals surface area contributed by atoms with Crippen LogP contribution in [0.5, 0.6) is 0 Å². The number of rotatable bonds is 6. The predicted molar refractivity (Wildman–Crippen MR) is 54.0 cm³/mol. The van der Waals surface area contributed by atoms with Gasteiger partial charge in [-0.1, -0.05) is 15.9 Å². The highest BCUT2D eigenvalue weighted by atomic mass is 79.9. The number of hydrogen-bond acceptors (Lipinski definition) is 2. The second kappa shape index (κ2) is 6.23. The van der Waals surface area contributed by atoms with Crippen LogP contribution < -0.4 is 0 Å². The Balaban J connectivity index is 6.00. The van der Waals surface area contributed by atoms with Gasteiger partial charge in [0.2, 0.25) is 0 Å². The molecule has 0 amide bonds. The van der Waals surface area contributed by atoms with Crippen molar-refractivity contribution in [2.75, 3.05) is 11.9 Å². The van der Waals surface area contributed by atoms with Gasteiger partial charge >= 0.3 is 31.0 Å². The molecule has 14 heteroatoms. The fourth-order valence-corrected chi connectivity index (χ4v) is 2.88. The third kappa shape index (κ3) is 3.66. The Hall–Kier alpha value is -0.0300. The molecule has 0 heterocycles. The molecule has 0 atom stereocenters. The van der Waals surface area contributed by atoms with E-state index in [1.54, 1.807) is 0 Å². The maximum atomic E-state index is 12.9. The van der Waals surface area contributed by atoms with Gasteiger partial charge in [0.25, 0.3) is 0 Å². The summed E-state index contributed by atoms with van der Waals surface area (Å²) in [5.41, 5.74) is -13.7. The highest BCUT2D eigenvalue weighted by molar-refractivity contribution is 9.09. The molecule has 0 aromatic carbocycles. The van der Waals surface area contributed by atoms with E-state index in [1.165, 1.54) is 0 Å². The molecule has 0 aliphatic heterocycles. The zero-order chi connectivity index (χ0) is 17.3. The van der Waals surface area contributed by atoms with Crippen molar-refractivity contribution >= 4 is 23.3 Å². The summed E-state index contributed by atoms with van der Waals surface area (Å²) in [7, 11) is -7.84. The molecule has 0 saturated heterocycles. The average molecular weight is 423 g/mol. The summed E-state index contributed by atoms with van der Waals surface area (Å²) in [6.07, 6.45) is -14.3. The van der Waals surface area contributed by atoms with Crippen molar-refractivity contribution < 1.29 is 53.0 Å². The molecule has 0 spiro atoms. The quantitative estimate of drug-likeness (QED) is 0.249. The maximum absolute atomic E-state index is 12.9. The standard InChI is InChI=1S/C7H6BrF10O2P/c8-2-1-3-20-21(19,6(15,16)4(9,10)11)7(17,18)5(12,13)14/h1-3H2. The van der Waals surface area contributed by atoms with Crippen LogP contribution >= 0.6 is 23.3 Å². The summed E-state index contributed by atoms with van der Waals surface area (Å²) in [5.74, 6) is 0. The molecule has 0 saturated carbocycles. The van der Waals surface area contributed by atoms with Gasteiger partial charge in [0.1, 0.15) is 0 Å². The van der Waals surface area contributed by atoms with Crippen molar-refractivity contribution in [3.05, 3.63) is 0 Å². The minimum absolute atomic E-state index is 0.178. The minimum Gasteiger partial charge on any atom is -0.320 e. The fraction of sp³-hybridized carbons (Fsp3) is 1.00. The molecule has 128 valence electrons. The first-order valence-electron chi connectivity index (χ1n) is 4.76. The second-order valence-electron chi connectivity index (χ2n) is 3.51. The van der Waals surface area contributed by atoms with Gasteiger partial charge in [-0.2, -0.15) is 43.9 Å². The summed E-state index contributed by atoms with van der Waals surface area (Å²) in [5, 5.41) is -0.178. The van der Waals surface area contributed by atoms with Crippen molar-refractivity contribution in [3.8, 4) is 0 Å². The third-order valence-corrected chi connectivity index (χ3v) is 5.07. The first kappa shape index (κ1) is 21.0. The van der Waals surface area contributed by atoms with E-state index in [0.29, 0.717) is 0 Å². The molecule has 0 bridgehead atoms. The van der Waals surface area contributed by atoms with Crippen LogP contribution in [-0.4, -0.2) is 35.6 Å². The highest BCUT2D eigenvalue weighted by Crippen LogP contribution is 2.77. The summed E-state index contributed by atoms with van der Waals surface area (Å²) in [4.78, 5) is 0. The van der Waals surface area contributed by atoms with E-state index in [1.807, 2.05) is 0 Å². The molecule has 0 aromatic heterocycles.